The van der Waals surface area contributed by atoms with Crippen LogP contribution < -0.4 is 0 Å². The smallest absolute Gasteiger partial charge is 0.0453 e. The van der Waals surface area contributed by atoms with Gasteiger partial charge in [-0.25, -0.2) is 0 Å². The third kappa shape index (κ3) is 5.70. The number of nitrogens with one attached hydrogen (secondary N) is 1. The molecule has 0 radical (unpaired) electrons. The zero-order chi connectivity index (χ0) is 14.6. The van der Waals surface area contributed by atoms with E-state index in [4.69, 9.17) is 0 Å². The van der Waals surface area contributed by atoms with Crippen molar-refractivity contribution in [1.29, 1.82) is 0 Å². The highest BCUT2D eigenvalue weighted by atomic mass is 14.7. The zero-order valence-electron chi connectivity index (χ0n) is 11.6. The van der Waals surface area contributed by atoms with Gasteiger partial charge in [0.15, 0.2) is 0 Å². The second kappa shape index (κ2) is 9.04. The van der Waals surface area contributed by atoms with Gasteiger partial charge in [0.1, 0.15) is 0 Å². The molecule has 0 bridgehead atoms. The first kappa shape index (κ1) is 14.5. The lowest BCUT2D eigenvalue weighted by atomic mass is 10.3. The van der Waals surface area contributed by atoms with E-state index < -0.39 is 0 Å². The molecule has 0 aliphatic rings. The lowest BCUT2D eigenvalue weighted by Crippen LogP contribution is -1.61. The summed E-state index contributed by atoms with van der Waals surface area (Å²) >= 11 is 0. The van der Waals surface area contributed by atoms with E-state index in [0.717, 1.165) is 0 Å². The summed E-state index contributed by atoms with van der Waals surface area (Å²) in [5.41, 5.74) is 1.21. The van der Waals surface area contributed by atoms with E-state index in [1.54, 1.807) is 24.8 Å². The summed E-state index contributed by atoms with van der Waals surface area (Å²) in [7, 11) is 0. The van der Waals surface area contributed by atoms with Crippen molar-refractivity contribution >= 4 is 10.9 Å². The number of H-pyrrole nitrogens is 1. The average molecular weight is 275 g/mol. The normalized spacial score (nSPS) is 8.95. The molecule has 21 heavy (non-hydrogen) atoms. The summed E-state index contributed by atoms with van der Waals surface area (Å²) in [5.74, 6) is 0. The minimum Gasteiger partial charge on any atom is -0.361 e. The van der Waals surface area contributed by atoms with Crippen LogP contribution in [-0.4, -0.2) is 15.0 Å². The van der Waals surface area contributed by atoms with Gasteiger partial charge in [-0.05, 0) is 41.8 Å². The van der Waals surface area contributed by atoms with Gasteiger partial charge < -0.3 is 4.98 Å². The Labute approximate surface area is 124 Å². The molecule has 0 amide bonds. The van der Waals surface area contributed by atoms with Crippen LogP contribution in [0, 0.1) is 0 Å². The van der Waals surface area contributed by atoms with E-state index in [0.29, 0.717) is 0 Å². The molecule has 0 saturated carbocycles. The molecule has 0 fully saturated rings. The van der Waals surface area contributed by atoms with Crippen LogP contribution in [0.3, 0.4) is 0 Å². The van der Waals surface area contributed by atoms with Crippen LogP contribution in [-0.2, 0) is 0 Å². The van der Waals surface area contributed by atoms with E-state index in [1.165, 1.54) is 10.9 Å². The fourth-order valence-electron chi connectivity index (χ4n) is 1.62. The third-order valence-corrected chi connectivity index (χ3v) is 2.60. The maximum absolute atomic E-state index is 3.78. The van der Waals surface area contributed by atoms with Crippen LogP contribution in [0.2, 0.25) is 0 Å². The van der Waals surface area contributed by atoms with Crippen LogP contribution >= 0.6 is 0 Å². The van der Waals surface area contributed by atoms with Gasteiger partial charge in [-0.2, -0.15) is 0 Å². The minimum absolute atomic E-state index is 1.21. The second-order valence-corrected chi connectivity index (χ2v) is 4.11. The number of rotatable bonds is 0. The SMILES string of the molecule is c1ccc2[nH]ccc2c1.c1ccncc1.c1ccncc1. The van der Waals surface area contributed by atoms with Gasteiger partial charge in [-0.1, -0.05) is 30.3 Å². The number of pyridine rings is 2. The van der Waals surface area contributed by atoms with Gasteiger partial charge in [-0.3, -0.25) is 9.97 Å². The predicted molar refractivity (Wildman–Crippen MR) is 86.8 cm³/mol. The van der Waals surface area contributed by atoms with Gasteiger partial charge in [0, 0.05) is 36.5 Å². The number of aromatic nitrogens is 3. The highest BCUT2D eigenvalue weighted by molar-refractivity contribution is 5.78. The van der Waals surface area contributed by atoms with Gasteiger partial charge in [0.25, 0.3) is 0 Å². The molecule has 0 spiro atoms. The van der Waals surface area contributed by atoms with E-state index >= 15 is 0 Å². The Morgan fingerprint density at radius 1 is 0.571 bits per heavy atom. The molecular weight excluding hydrogens is 258 g/mol. The monoisotopic (exact) mass is 275 g/mol. The highest BCUT2D eigenvalue weighted by Crippen LogP contribution is 2.09. The van der Waals surface area contributed by atoms with Crippen molar-refractivity contribution in [2.45, 2.75) is 0 Å². The number of para-hydroxylation sites is 1. The van der Waals surface area contributed by atoms with Crippen molar-refractivity contribution in [3.63, 3.8) is 0 Å². The summed E-state index contributed by atoms with van der Waals surface area (Å²) in [6, 6.07) is 21.7. The summed E-state index contributed by atoms with van der Waals surface area (Å²) in [4.78, 5) is 10.7. The van der Waals surface area contributed by atoms with Gasteiger partial charge in [0.2, 0.25) is 0 Å². The highest BCUT2D eigenvalue weighted by Gasteiger charge is 1.86. The average Bonchev–Trinajstić information content (AvgIpc) is 3.08. The fraction of sp³-hybridized carbons (Fsp3) is 0. The van der Waals surface area contributed by atoms with Gasteiger partial charge in [-0.15, -0.1) is 0 Å². The van der Waals surface area contributed by atoms with Crippen molar-refractivity contribution in [1.82, 2.24) is 15.0 Å². The van der Waals surface area contributed by atoms with Crippen LogP contribution in [0.1, 0.15) is 0 Å². The lowest BCUT2D eigenvalue weighted by Gasteiger charge is -1.83. The Morgan fingerprint density at radius 2 is 1.14 bits per heavy atom. The number of hydrogen-bond donors (Lipinski definition) is 1. The first-order chi connectivity index (χ1) is 10.5. The summed E-state index contributed by atoms with van der Waals surface area (Å²) in [6.07, 6.45) is 8.95. The van der Waals surface area contributed by atoms with Crippen LogP contribution in [0.15, 0.2) is 97.7 Å². The third-order valence-electron chi connectivity index (χ3n) is 2.60. The van der Waals surface area contributed by atoms with Crippen molar-refractivity contribution in [3.05, 3.63) is 97.7 Å². The van der Waals surface area contributed by atoms with Gasteiger partial charge >= 0.3 is 0 Å². The number of benzene rings is 1. The quantitative estimate of drug-likeness (QED) is 0.519. The molecule has 0 aliphatic carbocycles. The molecule has 0 atom stereocenters. The molecule has 1 aromatic carbocycles. The standard InChI is InChI=1S/C8H7N.2C5H5N/c1-2-4-8-7(3-1)5-6-9-8;2*1-2-4-6-5-3-1/h1-6,9H;2*1-5H. The first-order valence-corrected chi connectivity index (χ1v) is 6.69. The van der Waals surface area contributed by atoms with Crippen molar-refractivity contribution in [3.8, 4) is 0 Å². The lowest BCUT2D eigenvalue weighted by molar-refractivity contribution is 1.33. The van der Waals surface area contributed by atoms with E-state index in [1.807, 2.05) is 54.7 Å². The maximum Gasteiger partial charge on any atom is 0.0453 e. The molecule has 3 aromatic heterocycles. The molecule has 3 heterocycles. The maximum atomic E-state index is 3.78. The van der Waals surface area contributed by atoms with E-state index in [9.17, 15) is 0 Å². The number of nitrogens with zero attached hydrogens (tertiary/aromatic N) is 2. The van der Waals surface area contributed by atoms with E-state index in [2.05, 4.69) is 33.2 Å². The fourth-order valence-corrected chi connectivity index (χ4v) is 1.62. The summed E-state index contributed by atoms with van der Waals surface area (Å²) in [6.45, 7) is 0. The summed E-state index contributed by atoms with van der Waals surface area (Å²) in [5, 5.41) is 1.28. The van der Waals surface area contributed by atoms with Gasteiger partial charge in [0.05, 0.1) is 0 Å². The number of hydrogen-bond acceptors (Lipinski definition) is 2. The van der Waals surface area contributed by atoms with Crippen molar-refractivity contribution < 1.29 is 0 Å². The molecule has 3 heteroatoms. The van der Waals surface area contributed by atoms with Crippen LogP contribution in [0.5, 0.6) is 0 Å². The van der Waals surface area contributed by atoms with E-state index in [-0.39, 0.29) is 0 Å². The summed E-state index contributed by atoms with van der Waals surface area (Å²) < 4.78 is 0. The predicted octanol–water partition coefficient (Wildman–Crippen LogP) is 4.33. The van der Waals surface area contributed by atoms with Crippen molar-refractivity contribution in [2.75, 3.05) is 0 Å². The Kier molecular flexibility index (Phi) is 6.23. The topological polar surface area (TPSA) is 41.6 Å². The largest absolute Gasteiger partial charge is 0.361 e. The Hall–Kier alpha value is -2.94. The minimum atomic E-state index is 1.21. The Morgan fingerprint density at radius 3 is 1.57 bits per heavy atom. The van der Waals surface area contributed by atoms with Crippen molar-refractivity contribution in [2.24, 2.45) is 0 Å². The molecule has 0 aliphatic heterocycles. The molecule has 4 rings (SSSR count). The Balaban J connectivity index is 0.000000120. The number of fused-ring (bicyclic) bond motifs is 1. The van der Waals surface area contributed by atoms with Crippen LogP contribution in [0.25, 0.3) is 10.9 Å². The molecular formula is C18H17N3. The first-order valence-electron chi connectivity index (χ1n) is 6.69. The number of aromatic amines is 1. The molecule has 3 nitrogen and oxygen atoms in total. The molecule has 1 N–H and O–H groups in total. The Bertz CT molecular complexity index is 591. The molecule has 104 valence electrons. The van der Waals surface area contributed by atoms with Crippen LogP contribution in [0.4, 0.5) is 0 Å². The molecule has 0 unspecified atom stereocenters. The molecule has 4 aromatic rings. The zero-order valence-corrected chi connectivity index (χ0v) is 11.6. The second-order valence-electron chi connectivity index (χ2n) is 4.11. The molecule has 0 saturated heterocycles.